The Morgan fingerprint density at radius 1 is 0.942 bits per heavy atom. The number of nitrogens with zero attached hydrogens (tertiary/aromatic N) is 2. The highest BCUT2D eigenvalue weighted by Gasteiger charge is 2.42. The van der Waals surface area contributed by atoms with E-state index in [1.54, 1.807) is 48.5 Å². The van der Waals surface area contributed by atoms with Crippen molar-refractivity contribution in [3.63, 3.8) is 0 Å². The number of esters is 3. The number of nitrogen functional groups attached to an aromatic ring is 1. The Kier molecular flexibility index (Phi) is 11.6. The zero-order valence-electron chi connectivity index (χ0n) is 28.5. The molecule has 0 aromatic heterocycles. The lowest BCUT2D eigenvalue weighted by Gasteiger charge is -2.41. The molecule has 4 N–H and O–H groups in total. The second-order valence-electron chi connectivity index (χ2n) is 11.8. The van der Waals surface area contributed by atoms with E-state index in [2.05, 4.69) is 5.32 Å². The summed E-state index contributed by atoms with van der Waals surface area (Å²) in [6.45, 7) is -0.851. The lowest BCUT2D eigenvalue weighted by atomic mass is 10.0. The molecule has 1 unspecified atom stereocenters. The van der Waals surface area contributed by atoms with Crippen LogP contribution in [0.1, 0.15) is 43.8 Å². The lowest BCUT2D eigenvalue weighted by Crippen LogP contribution is -2.63. The van der Waals surface area contributed by atoms with Crippen LogP contribution in [0, 0.1) is 5.41 Å². The first-order valence-electron chi connectivity index (χ1n) is 16.2. The SMILES string of the molecule is COC(=O)CC1C(=O)N(CC(=O)OCC=C2OC(=O)c3ccccc32)CCN1C(=O)[C@H](Cc1ccc(OC)cc1)NC(=O)c1ccc(C(=N)N)cc1. The number of amides is 3. The Labute approximate surface area is 298 Å². The molecule has 2 atom stereocenters. The van der Waals surface area contributed by atoms with E-state index in [1.165, 1.54) is 47.3 Å². The van der Waals surface area contributed by atoms with Gasteiger partial charge in [0.25, 0.3) is 5.91 Å². The van der Waals surface area contributed by atoms with Gasteiger partial charge in [0.05, 0.1) is 26.2 Å². The van der Waals surface area contributed by atoms with Crippen LogP contribution in [0.5, 0.6) is 5.75 Å². The number of piperazine rings is 1. The molecule has 0 saturated carbocycles. The molecular weight excluding hydrogens is 674 g/mol. The van der Waals surface area contributed by atoms with Crippen molar-refractivity contribution in [3.05, 3.63) is 107 Å². The monoisotopic (exact) mass is 711 g/mol. The summed E-state index contributed by atoms with van der Waals surface area (Å²) in [6.07, 6.45) is 0.968. The molecule has 3 aromatic carbocycles. The van der Waals surface area contributed by atoms with Crippen molar-refractivity contribution in [1.29, 1.82) is 5.41 Å². The second-order valence-corrected chi connectivity index (χ2v) is 11.8. The molecule has 5 rings (SSSR count). The van der Waals surface area contributed by atoms with E-state index in [0.29, 0.717) is 28.0 Å². The number of hydrogen-bond donors (Lipinski definition) is 3. The van der Waals surface area contributed by atoms with Crippen LogP contribution in [0.4, 0.5) is 0 Å². The maximum absolute atomic E-state index is 14.3. The largest absolute Gasteiger partial charge is 0.497 e. The first-order chi connectivity index (χ1) is 25.0. The molecule has 2 heterocycles. The summed E-state index contributed by atoms with van der Waals surface area (Å²) in [6, 6.07) is 17.1. The molecule has 3 aromatic rings. The quantitative estimate of drug-likeness (QED) is 0.101. The fraction of sp³-hybridized carbons (Fsp3) is 0.270. The maximum atomic E-state index is 14.3. The van der Waals surface area contributed by atoms with Crippen molar-refractivity contribution < 1.29 is 47.7 Å². The van der Waals surface area contributed by atoms with Crippen LogP contribution in [0.25, 0.3) is 5.76 Å². The molecule has 2 aliphatic heterocycles. The van der Waals surface area contributed by atoms with Gasteiger partial charge in [0, 0.05) is 36.2 Å². The van der Waals surface area contributed by atoms with Gasteiger partial charge >= 0.3 is 17.9 Å². The van der Waals surface area contributed by atoms with Gasteiger partial charge in [0.2, 0.25) is 11.8 Å². The summed E-state index contributed by atoms with van der Waals surface area (Å²) in [5.74, 6) is -3.29. The number of nitrogens with two attached hydrogens (primary N) is 1. The Hall–Kier alpha value is -6.51. The van der Waals surface area contributed by atoms with Gasteiger partial charge in [-0.1, -0.05) is 42.5 Å². The van der Waals surface area contributed by atoms with Crippen LogP contribution in [-0.4, -0.2) is 104 Å². The second kappa shape index (κ2) is 16.5. The lowest BCUT2D eigenvalue weighted by molar-refractivity contribution is -0.160. The number of carbonyl (C=O) groups excluding carboxylic acids is 6. The maximum Gasteiger partial charge on any atom is 0.344 e. The average molecular weight is 712 g/mol. The van der Waals surface area contributed by atoms with Crippen molar-refractivity contribution in [1.82, 2.24) is 15.1 Å². The third-order valence-electron chi connectivity index (χ3n) is 8.56. The molecule has 0 spiro atoms. The minimum absolute atomic E-state index is 0.0288. The van der Waals surface area contributed by atoms with Crippen molar-refractivity contribution in [2.75, 3.05) is 40.5 Å². The Morgan fingerprint density at radius 3 is 2.27 bits per heavy atom. The van der Waals surface area contributed by atoms with Gasteiger partial charge in [-0.2, -0.15) is 0 Å². The summed E-state index contributed by atoms with van der Waals surface area (Å²) < 4.78 is 20.6. The Morgan fingerprint density at radius 2 is 1.62 bits per heavy atom. The number of rotatable bonds is 13. The molecule has 270 valence electrons. The molecule has 0 radical (unpaired) electrons. The number of nitrogens with one attached hydrogen (secondary N) is 2. The van der Waals surface area contributed by atoms with Gasteiger partial charge in [-0.25, -0.2) is 4.79 Å². The van der Waals surface area contributed by atoms with Gasteiger partial charge in [0.15, 0.2) is 0 Å². The van der Waals surface area contributed by atoms with Crippen molar-refractivity contribution >= 4 is 47.2 Å². The Bertz CT molecular complexity index is 1910. The molecule has 15 heteroatoms. The fourth-order valence-electron chi connectivity index (χ4n) is 5.79. The normalized spacial score (nSPS) is 16.4. The van der Waals surface area contributed by atoms with E-state index in [0.717, 1.165) is 7.11 Å². The third-order valence-corrected chi connectivity index (χ3v) is 8.56. The summed E-state index contributed by atoms with van der Waals surface area (Å²) in [7, 11) is 2.66. The van der Waals surface area contributed by atoms with E-state index in [1.807, 2.05) is 0 Å². The van der Waals surface area contributed by atoms with Gasteiger partial charge in [-0.15, -0.1) is 0 Å². The number of carbonyl (C=O) groups is 6. The number of ether oxygens (including phenoxy) is 4. The fourth-order valence-corrected chi connectivity index (χ4v) is 5.79. The Balaban J connectivity index is 1.31. The smallest absolute Gasteiger partial charge is 0.344 e. The molecule has 2 aliphatic rings. The van der Waals surface area contributed by atoms with E-state index in [9.17, 15) is 28.8 Å². The molecule has 15 nitrogen and oxygen atoms in total. The van der Waals surface area contributed by atoms with Crippen LogP contribution in [-0.2, 0) is 39.8 Å². The standard InChI is InChI=1S/C37H37N5O10/c1-49-25-13-7-22(8-14-25)19-28(40-34(45)24-11-9-23(10-12-24)33(38)39)35(46)42-17-16-41(36(47)29(42)20-31(43)50-2)21-32(44)51-18-15-30-26-5-3-4-6-27(26)37(48)52-30/h3-15,28-29H,16-21H2,1-2H3,(H3,38,39)(H,40,45)/t28-,29?/m0/s1. The topological polar surface area (TPSA) is 208 Å². The summed E-state index contributed by atoms with van der Waals surface area (Å²) in [5, 5.41) is 10.4. The molecule has 52 heavy (non-hydrogen) atoms. The first kappa shape index (κ1) is 36.8. The van der Waals surface area contributed by atoms with Crippen LogP contribution in [0.2, 0.25) is 0 Å². The van der Waals surface area contributed by atoms with Crippen molar-refractivity contribution in [3.8, 4) is 5.75 Å². The van der Waals surface area contributed by atoms with E-state index in [-0.39, 0.29) is 43.3 Å². The number of amidine groups is 1. The number of fused-ring (bicyclic) bond motifs is 1. The summed E-state index contributed by atoms with van der Waals surface area (Å²) in [5.41, 5.74) is 7.79. The predicted molar refractivity (Wildman–Crippen MR) is 185 cm³/mol. The number of hydrogen-bond acceptors (Lipinski definition) is 11. The van der Waals surface area contributed by atoms with Gasteiger partial charge < -0.3 is 39.8 Å². The van der Waals surface area contributed by atoms with Gasteiger partial charge in [0.1, 0.15) is 42.6 Å². The highest BCUT2D eigenvalue weighted by atomic mass is 16.6. The van der Waals surface area contributed by atoms with E-state index in [4.69, 9.17) is 30.1 Å². The molecule has 1 saturated heterocycles. The minimum atomic E-state index is -1.34. The zero-order valence-corrected chi connectivity index (χ0v) is 28.5. The van der Waals surface area contributed by atoms with E-state index >= 15 is 0 Å². The summed E-state index contributed by atoms with van der Waals surface area (Å²) in [4.78, 5) is 81.2. The number of benzene rings is 3. The molecule has 1 fully saturated rings. The first-order valence-corrected chi connectivity index (χ1v) is 16.2. The highest BCUT2D eigenvalue weighted by Crippen LogP contribution is 2.29. The molecule has 0 aliphatic carbocycles. The zero-order chi connectivity index (χ0) is 37.4. The van der Waals surface area contributed by atoms with Gasteiger partial charge in [-0.05, 0) is 42.0 Å². The molecule has 0 bridgehead atoms. The molecular formula is C37H37N5O10. The third kappa shape index (κ3) is 8.61. The van der Waals surface area contributed by atoms with Gasteiger partial charge in [-0.3, -0.25) is 29.4 Å². The molecule has 3 amide bonds. The predicted octanol–water partition coefficient (Wildman–Crippen LogP) is 1.68. The minimum Gasteiger partial charge on any atom is -0.497 e. The summed E-state index contributed by atoms with van der Waals surface area (Å²) >= 11 is 0. The van der Waals surface area contributed by atoms with Crippen molar-refractivity contribution in [2.45, 2.75) is 24.9 Å². The van der Waals surface area contributed by atoms with Crippen LogP contribution in [0.3, 0.4) is 0 Å². The van der Waals surface area contributed by atoms with Crippen LogP contribution < -0.4 is 15.8 Å². The number of cyclic esters (lactones) is 1. The highest BCUT2D eigenvalue weighted by molar-refractivity contribution is 6.03. The average Bonchev–Trinajstić information content (AvgIpc) is 3.47. The van der Waals surface area contributed by atoms with Crippen LogP contribution in [0.15, 0.2) is 78.9 Å². The van der Waals surface area contributed by atoms with Crippen LogP contribution >= 0.6 is 0 Å². The number of methoxy groups -OCH3 is 2. The van der Waals surface area contributed by atoms with Crippen molar-refractivity contribution in [2.24, 2.45) is 5.73 Å². The van der Waals surface area contributed by atoms with E-state index < -0.39 is 60.7 Å².